The fourth-order valence-electron chi connectivity index (χ4n) is 3.84. The average Bonchev–Trinajstić information content (AvgIpc) is 3.19. The first-order chi connectivity index (χ1) is 14.3. The molecule has 2 aliphatic rings. The Labute approximate surface area is 175 Å². The summed E-state index contributed by atoms with van der Waals surface area (Å²) in [5.41, 5.74) is 1.19. The number of amides is 1. The van der Waals surface area contributed by atoms with Crippen LogP contribution in [-0.2, 0) is 14.6 Å². The number of anilines is 1. The second-order valence-electron chi connectivity index (χ2n) is 7.69. The quantitative estimate of drug-likeness (QED) is 0.693. The molecule has 30 heavy (non-hydrogen) atoms. The molecule has 0 radical (unpaired) electrons. The first-order valence-electron chi connectivity index (χ1n) is 9.95. The maximum atomic E-state index is 12.6. The van der Waals surface area contributed by atoms with Crippen LogP contribution >= 0.6 is 0 Å². The minimum absolute atomic E-state index is 0.0713. The monoisotopic (exact) mass is 435 g/mol. The molecule has 2 aliphatic heterocycles. The van der Waals surface area contributed by atoms with Crippen molar-refractivity contribution in [2.45, 2.75) is 30.6 Å². The summed E-state index contributed by atoms with van der Waals surface area (Å²) in [7, 11) is -3.47. The second-order valence-corrected chi connectivity index (χ2v) is 9.67. The van der Waals surface area contributed by atoms with Crippen molar-refractivity contribution in [2.24, 2.45) is 0 Å². The zero-order valence-electron chi connectivity index (χ0n) is 17.1. The molecule has 2 aromatic rings. The highest BCUT2D eigenvalue weighted by Crippen LogP contribution is 2.32. The molecule has 10 nitrogen and oxygen atoms in total. The normalized spacial score (nSPS) is 18.6. The van der Waals surface area contributed by atoms with Crippen molar-refractivity contribution in [2.75, 3.05) is 50.5 Å². The maximum Gasteiger partial charge on any atom is 0.292 e. The van der Waals surface area contributed by atoms with E-state index >= 15 is 0 Å². The van der Waals surface area contributed by atoms with Gasteiger partial charge in [-0.2, -0.15) is 0 Å². The van der Waals surface area contributed by atoms with E-state index < -0.39 is 9.84 Å². The number of sulfone groups is 1. The average molecular weight is 436 g/mol. The van der Waals surface area contributed by atoms with Gasteiger partial charge in [-0.25, -0.2) is 18.4 Å². The van der Waals surface area contributed by atoms with Crippen molar-refractivity contribution in [1.82, 2.24) is 20.0 Å². The number of hydrogen-bond acceptors (Lipinski definition) is 9. The summed E-state index contributed by atoms with van der Waals surface area (Å²) in [6.07, 6.45) is 3.81. The Balaban J connectivity index is 1.54. The maximum absolute atomic E-state index is 12.6. The molecule has 0 bridgehead atoms. The van der Waals surface area contributed by atoms with E-state index in [-0.39, 0.29) is 22.5 Å². The molecule has 4 rings (SSSR count). The van der Waals surface area contributed by atoms with Gasteiger partial charge in [0.1, 0.15) is 4.90 Å². The predicted octanol–water partition coefficient (Wildman–Crippen LogP) is 1.03. The summed E-state index contributed by atoms with van der Waals surface area (Å²) in [6, 6.07) is 1.62. The van der Waals surface area contributed by atoms with Gasteiger partial charge in [-0.3, -0.25) is 4.79 Å². The van der Waals surface area contributed by atoms with Crippen LogP contribution in [0, 0.1) is 6.92 Å². The van der Waals surface area contributed by atoms with Crippen molar-refractivity contribution in [3.63, 3.8) is 0 Å². The molecule has 0 atom stereocenters. The Bertz CT molecular complexity index is 1020. The van der Waals surface area contributed by atoms with E-state index in [0.717, 1.165) is 0 Å². The van der Waals surface area contributed by atoms with E-state index in [2.05, 4.69) is 15.1 Å². The first kappa shape index (κ1) is 20.7. The lowest BCUT2D eigenvalue weighted by Gasteiger charge is -2.32. The van der Waals surface area contributed by atoms with Crippen LogP contribution < -0.4 is 4.90 Å². The molecular formula is C19H25N5O5S. The second kappa shape index (κ2) is 8.31. The SMILES string of the molecule is Cc1cc(C(=O)N2CCC(c3nc(N4CCOCC4)ncc3S(C)(=O)=O)CC2)on1. The van der Waals surface area contributed by atoms with Crippen LogP contribution in [0.4, 0.5) is 5.95 Å². The highest BCUT2D eigenvalue weighted by atomic mass is 32.2. The predicted molar refractivity (Wildman–Crippen MR) is 107 cm³/mol. The Morgan fingerprint density at radius 3 is 2.47 bits per heavy atom. The van der Waals surface area contributed by atoms with Crippen molar-refractivity contribution in [3.8, 4) is 0 Å². The topological polar surface area (TPSA) is 119 Å². The molecule has 0 spiro atoms. The first-order valence-corrected chi connectivity index (χ1v) is 11.8. The number of ether oxygens (including phenoxy) is 1. The number of hydrogen-bond donors (Lipinski definition) is 0. The minimum Gasteiger partial charge on any atom is -0.378 e. The third kappa shape index (κ3) is 4.31. The molecule has 0 aromatic carbocycles. The number of aromatic nitrogens is 3. The highest BCUT2D eigenvalue weighted by molar-refractivity contribution is 7.90. The number of carbonyl (C=O) groups excluding carboxylic acids is 1. The molecule has 11 heteroatoms. The van der Waals surface area contributed by atoms with Crippen LogP contribution in [0.3, 0.4) is 0 Å². The summed E-state index contributed by atoms with van der Waals surface area (Å²) >= 11 is 0. The third-order valence-corrected chi connectivity index (χ3v) is 6.58. The molecule has 4 heterocycles. The lowest BCUT2D eigenvalue weighted by Crippen LogP contribution is -2.39. The van der Waals surface area contributed by atoms with Crippen molar-refractivity contribution < 1.29 is 22.5 Å². The Hall–Kier alpha value is -2.53. The van der Waals surface area contributed by atoms with Crippen LogP contribution in [0.25, 0.3) is 0 Å². The summed E-state index contributed by atoms with van der Waals surface area (Å²) in [6.45, 7) is 5.26. The van der Waals surface area contributed by atoms with E-state index in [9.17, 15) is 13.2 Å². The zero-order chi connectivity index (χ0) is 21.3. The van der Waals surface area contributed by atoms with Gasteiger partial charge in [0.15, 0.2) is 9.84 Å². The summed E-state index contributed by atoms with van der Waals surface area (Å²) in [5.74, 6) is 0.475. The minimum atomic E-state index is -3.47. The fourth-order valence-corrected chi connectivity index (χ4v) is 4.68. The molecular weight excluding hydrogens is 410 g/mol. The van der Waals surface area contributed by atoms with Crippen LogP contribution in [0.15, 0.2) is 21.7 Å². The number of aryl methyl sites for hydroxylation is 1. The fraction of sp³-hybridized carbons (Fsp3) is 0.579. The van der Waals surface area contributed by atoms with Crippen molar-refractivity contribution in [3.05, 3.63) is 29.4 Å². The number of morpholine rings is 1. The molecule has 2 aromatic heterocycles. The van der Waals surface area contributed by atoms with Crippen LogP contribution in [-0.4, -0.2) is 80.0 Å². The molecule has 2 fully saturated rings. The summed E-state index contributed by atoms with van der Waals surface area (Å²) in [5, 5.41) is 3.77. The van der Waals surface area contributed by atoms with E-state index in [1.165, 1.54) is 12.5 Å². The number of piperidine rings is 1. The van der Waals surface area contributed by atoms with E-state index in [4.69, 9.17) is 9.26 Å². The molecule has 1 amide bonds. The van der Waals surface area contributed by atoms with E-state index in [1.807, 2.05) is 4.90 Å². The number of likely N-dealkylation sites (tertiary alicyclic amines) is 1. The molecule has 162 valence electrons. The molecule has 0 aliphatic carbocycles. The van der Waals surface area contributed by atoms with Gasteiger partial charge in [-0.1, -0.05) is 5.16 Å². The highest BCUT2D eigenvalue weighted by Gasteiger charge is 2.31. The smallest absolute Gasteiger partial charge is 0.292 e. The molecule has 0 saturated carbocycles. The Morgan fingerprint density at radius 2 is 1.87 bits per heavy atom. The number of rotatable bonds is 4. The summed E-state index contributed by atoms with van der Waals surface area (Å²) < 4.78 is 35.1. The number of nitrogens with zero attached hydrogens (tertiary/aromatic N) is 5. The lowest BCUT2D eigenvalue weighted by molar-refractivity contribution is 0.0669. The Morgan fingerprint density at radius 1 is 1.17 bits per heavy atom. The Kier molecular flexibility index (Phi) is 5.74. The largest absolute Gasteiger partial charge is 0.378 e. The van der Waals surface area contributed by atoms with E-state index in [1.54, 1.807) is 17.9 Å². The van der Waals surface area contributed by atoms with Crippen molar-refractivity contribution >= 4 is 21.7 Å². The van der Waals surface area contributed by atoms with Gasteiger partial charge >= 0.3 is 0 Å². The van der Waals surface area contributed by atoms with Gasteiger partial charge in [-0.05, 0) is 19.8 Å². The van der Waals surface area contributed by atoms with Crippen LogP contribution in [0.1, 0.15) is 40.7 Å². The number of carbonyl (C=O) groups is 1. The van der Waals surface area contributed by atoms with Gasteiger partial charge in [0.2, 0.25) is 11.7 Å². The summed E-state index contributed by atoms with van der Waals surface area (Å²) in [4.78, 5) is 25.4. The van der Waals surface area contributed by atoms with E-state index in [0.29, 0.717) is 69.6 Å². The molecule has 2 saturated heterocycles. The van der Waals surface area contributed by atoms with Crippen LogP contribution in [0.5, 0.6) is 0 Å². The lowest BCUT2D eigenvalue weighted by atomic mass is 9.93. The van der Waals surface area contributed by atoms with Gasteiger partial charge in [-0.15, -0.1) is 0 Å². The zero-order valence-corrected chi connectivity index (χ0v) is 17.9. The van der Waals surface area contributed by atoms with Gasteiger partial charge in [0, 0.05) is 44.4 Å². The van der Waals surface area contributed by atoms with Crippen molar-refractivity contribution in [1.29, 1.82) is 0 Å². The third-order valence-electron chi connectivity index (χ3n) is 5.47. The van der Waals surface area contributed by atoms with Gasteiger partial charge in [0.05, 0.1) is 30.8 Å². The molecule has 0 unspecified atom stereocenters. The van der Waals surface area contributed by atoms with Crippen LogP contribution in [0.2, 0.25) is 0 Å². The van der Waals surface area contributed by atoms with Gasteiger partial charge in [0.25, 0.3) is 5.91 Å². The van der Waals surface area contributed by atoms with Gasteiger partial charge < -0.3 is 19.1 Å². The standard InChI is InChI=1S/C19H25N5O5S/c1-13-11-15(29-22-13)18(25)23-5-3-14(4-6-23)17-16(30(2,26)27)12-20-19(21-17)24-7-9-28-10-8-24/h11-12,14H,3-10H2,1-2H3. The molecule has 0 N–H and O–H groups in total.